The van der Waals surface area contributed by atoms with E-state index in [4.69, 9.17) is 5.73 Å². The van der Waals surface area contributed by atoms with Crippen molar-refractivity contribution in [3.05, 3.63) is 59.6 Å². The molecule has 1 fully saturated rings. The molecule has 1 aliphatic heterocycles. The Balaban J connectivity index is 0.000000258. The summed E-state index contributed by atoms with van der Waals surface area (Å²) in [6.45, 7) is 4.52. The second-order valence-electron chi connectivity index (χ2n) is 5.33. The van der Waals surface area contributed by atoms with Gasteiger partial charge in [0, 0.05) is 44.5 Å². The molecule has 2 aromatic rings. The topological polar surface area (TPSA) is 50.8 Å². The molecule has 1 N–H and O–H groups in total. The molecule has 1 aromatic carbocycles. The molecule has 0 spiro atoms. The van der Waals surface area contributed by atoms with Crippen LogP contribution in [0.2, 0.25) is 0 Å². The molecule has 0 aliphatic carbocycles. The van der Waals surface area contributed by atoms with Crippen LogP contribution < -0.4 is 0 Å². The molecular formula is C17H20FN3Y-2. The summed E-state index contributed by atoms with van der Waals surface area (Å²) in [5, 5.41) is 4.23. The smallest absolute Gasteiger partial charge is 0.142 e. The van der Waals surface area contributed by atoms with Crippen LogP contribution in [0.4, 0.5) is 10.1 Å². The second-order valence-corrected chi connectivity index (χ2v) is 5.33. The molecule has 3 nitrogen and oxygen atoms in total. The van der Waals surface area contributed by atoms with Gasteiger partial charge in [0.1, 0.15) is 5.82 Å². The number of hydrogen-bond acceptors (Lipinski definition) is 1. The first kappa shape index (κ1) is 19.2. The maximum absolute atomic E-state index is 12.8. The predicted octanol–water partition coefficient (Wildman–Crippen LogP) is 5.36. The molecule has 1 radical (unpaired) electrons. The van der Waals surface area contributed by atoms with Gasteiger partial charge in [0.2, 0.25) is 0 Å². The van der Waals surface area contributed by atoms with E-state index in [9.17, 15) is 4.39 Å². The largest absolute Gasteiger partial charge is 0.699 e. The van der Waals surface area contributed by atoms with Gasteiger partial charge in [-0.3, -0.25) is 4.98 Å². The fourth-order valence-electron chi connectivity index (χ4n) is 2.15. The van der Waals surface area contributed by atoms with E-state index in [1.54, 1.807) is 24.4 Å². The minimum atomic E-state index is -0.363. The van der Waals surface area contributed by atoms with Crippen LogP contribution in [0.3, 0.4) is 0 Å². The number of aromatic nitrogens is 1. The van der Waals surface area contributed by atoms with E-state index in [2.05, 4.69) is 17.2 Å². The van der Waals surface area contributed by atoms with Gasteiger partial charge in [0.15, 0.2) is 0 Å². The van der Waals surface area contributed by atoms with Crippen molar-refractivity contribution in [3.63, 3.8) is 0 Å². The molecule has 0 saturated carbocycles. The summed E-state index contributed by atoms with van der Waals surface area (Å²) in [4.78, 5) is 3.75. The molecule has 22 heavy (non-hydrogen) atoms. The molecule has 115 valence electrons. The van der Waals surface area contributed by atoms with Crippen molar-refractivity contribution in [2.45, 2.75) is 19.8 Å². The number of pyridine rings is 1. The van der Waals surface area contributed by atoms with Crippen LogP contribution in [0.1, 0.15) is 19.8 Å². The summed E-state index contributed by atoms with van der Waals surface area (Å²) in [6, 6.07) is 8.35. The van der Waals surface area contributed by atoms with Crippen LogP contribution in [-0.2, 0) is 32.7 Å². The molecule has 0 atom stereocenters. The normalized spacial score (nSPS) is 14.5. The molecule has 2 heterocycles. The van der Waals surface area contributed by atoms with Crippen LogP contribution in [-0.4, -0.2) is 18.1 Å². The first-order chi connectivity index (χ1) is 10.1. The zero-order chi connectivity index (χ0) is 15.1. The van der Waals surface area contributed by atoms with Crippen molar-refractivity contribution in [2.24, 2.45) is 5.92 Å². The van der Waals surface area contributed by atoms with Crippen molar-refractivity contribution < 1.29 is 37.1 Å². The van der Waals surface area contributed by atoms with Gasteiger partial charge in [-0.05, 0) is 17.5 Å². The number of nitrogens with one attached hydrogen (secondary N) is 1. The third-order valence-corrected chi connectivity index (χ3v) is 3.46. The number of halogens is 1. The molecule has 0 unspecified atom stereocenters. The van der Waals surface area contributed by atoms with Gasteiger partial charge < -0.3 is 11.1 Å². The van der Waals surface area contributed by atoms with Gasteiger partial charge >= 0.3 is 0 Å². The summed E-state index contributed by atoms with van der Waals surface area (Å²) >= 11 is 0. The molecular weight excluding hydrogens is 354 g/mol. The zero-order valence-corrected chi connectivity index (χ0v) is 15.6. The Morgan fingerprint density at radius 1 is 1.14 bits per heavy atom. The van der Waals surface area contributed by atoms with E-state index < -0.39 is 0 Å². The SMILES string of the molecule is CC1CC[N-]CC1.[NH-]c1cccc(-c2cncc(F)c2)c1.[Y]. The molecule has 1 aromatic heterocycles. The van der Waals surface area contributed by atoms with Gasteiger partial charge in [-0.15, -0.1) is 18.8 Å². The average molecular weight is 374 g/mol. The summed E-state index contributed by atoms with van der Waals surface area (Å²) < 4.78 is 12.8. The minimum absolute atomic E-state index is 0. The fraction of sp³-hybridized carbons (Fsp3) is 0.353. The summed E-state index contributed by atoms with van der Waals surface area (Å²) in [7, 11) is 0. The fourth-order valence-corrected chi connectivity index (χ4v) is 2.15. The number of hydrogen-bond donors (Lipinski definition) is 0. The first-order valence-corrected chi connectivity index (χ1v) is 7.21. The van der Waals surface area contributed by atoms with Crippen molar-refractivity contribution in [1.29, 1.82) is 0 Å². The first-order valence-electron chi connectivity index (χ1n) is 7.21. The van der Waals surface area contributed by atoms with Gasteiger partial charge in [0.25, 0.3) is 0 Å². The van der Waals surface area contributed by atoms with Crippen molar-refractivity contribution in [3.8, 4) is 11.1 Å². The Bertz CT molecular complexity index is 528. The van der Waals surface area contributed by atoms with Crippen LogP contribution in [0, 0.1) is 11.7 Å². The number of benzene rings is 1. The molecule has 1 aliphatic rings. The molecule has 1 saturated heterocycles. The quantitative estimate of drug-likeness (QED) is 0.663. The third kappa shape index (κ3) is 6.51. The summed E-state index contributed by atoms with van der Waals surface area (Å²) in [5.41, 5.74) is 9.34. The van der Waals surface area contributed by atoms with Crippen molar-refractivity contribution in [1.82, 2.24) is 4.98 Å². The predicted molar refractivity (Wildman–Crippen MR) is 85.1 cm³/mol. The number of nitrogens with zero attached hydrogens (tertiary/aromatic N) is 2. The monoisotopic (exact) mass is 374 g/mol. The Morgan fingerprint density at radius 2 is 1.86 bits per heavy atom. The zero-order valence-electron chi connectivity index (χ0n) is 12.8. The van der Waals surface area contributed by atoms with E-state index in [0.717, 1.165) is 30.8 Å². The second kappa shape index (κ2) is 10.0. The van der Waals surface area contributed by atoms with Crippen LogP contribution in [0.5, 0.6) is 0 Å². The van der Waals surface area contributed by atoms with Gasteiger partial charge in [-0.25, -0.2) is 4.39 Å². The Labute approximate surface area is 156 Å². The Kier molecular flexibility index (Phi) is 8.76. The Morgan fingerprint density at radius 3 is 2.41 bits per heavy atom. The van der Waals surface area contributed by atoms with Crippen LogP contribution in [0.15, 0.2) is 42.7 Å². The maximum atomic E-state index is 12.8. The Hall–Kier alpha value is -0.836. The molecule has 0 amide bonds. The van der Waals surface area contributed by atoms with Crippen molar-refractivity contribution >= 4 is 5.69 Å². The molecule has 3 rings (SSSR count). The van der Waals surface area contributed by atoms with Gasteiger partial charge in [-0.2, -0.15) is 0 Å². The van der Waals surface area contributed by atoms with Gasteiger partial charge in [0.05, 0.1) is 6.20 Å². The van der Waals surface area contributed by atoms with E-state index in [1.807, 2.05) is 6.07 Å². The van der Waals surface area contributed by atoms with Crippen LogP contribution >= 0.6 is 0 Å². The summed E-state index contributed by atoms with van der Waals surface area (Å²) in [6.07, 6.45) is 5.38. The molecule has 0 bridgehead atoms. The maximum Gasteiger partial charge on any atom is 0.142 e. The van der Waals surface area contributed by atoms with Crippen LogP contribution in [0.25, 0.3) is 22.2 Å². The van der Waals surface area contributed by atoms with Crippen molar-refractivity contribution in [2.75, 3.05) is 13.1 Å². The van der Waals surface area contributed by atoms with Gasteiger partial charge in [-0.1, -0.05) is 44.0 Å². The standard InChI is InChI=1S/C11H8FN2.C6H12N.Y/c12-10-4-9(6-14-7-10)8-2-1-3-11(13)5-8;1-6-2-4-7-5-3-6;/h1-7,13H;6H,2-5H2,1H3;/q2*-1;. The number of piperidine rings is 1. The van der Waals surface area contributed by atoms with E-state index in [0.29, 0.717) is 11.3 Å². The average Bonchev–Trinajstić information content (AvgIpc) is 2.49. The third-order valence-electron chi connectivity index (χ3n) is 3.46. The minimum Gasteiger partial charge on any atom is -0.699 e. The number of rotatable bonds is 1. The summed E-state index contributed by atoms with van der Waals surface area (Å²) in [5.74, 6) is 0.579. The van der Waals surface area contributed by atoms with E-state index in [-0.39, 0.29) is 38.5 Å². The van der Waals surface area contributed by atoms with E-state index in [1.165, 1.54) is 18.9 Å². The molecule has 5 heteroatoms. The van der Waals surface area contributed by atoms with E-state index >= 15 is 0 Å².